The van der Waals surface area contributed by atoms with Crippen LogP contribution in [0.5, 0.6) is 0 Å². The van der Waals surface area contributed by atoms with Crippen molar-refractivity contribution in [1.29, 1.82) is 0 Å². The zero-order valence-electron chi connectivity index (χ0n) is 13.3. The van der Waals surface area contributed by atoms with E-state index in [1.54, 1.807) is 38.1 Å². The molecule has 0 spiro atoms. The standard InChI is InChI=1S/C18H17Cl2NO3/c1-3-23-18(22)12(2)24-21-17(13-4-8-15(19)9-5-13)14-6-10-16(20)11-7-14/h4-12H,3H2,1-2H3. The van der Waals surface area contributed by atoms with Gasteiger partial charge in [0.05, 0.1) is 6.61 Å². The van der Waals surface area contributed by atoms with Crippen LogP contribution in [0, 0.1) is 0 Å². The van der Waals surface area contributed by atoms with Gasteiger partial charge in [-0.2, -0.15) is 0 Å². The molecule has 1 unspecified atom stereocenters. The summed E-state index contributed by atoms with van der Waals surface area (Å²) in [5.74, 6) is -0.465. The minimum absolute atomic E-state index is 0.289. The van der Waals surface area contributed by atoms with Gasteiger partial charge in [0.15, 0.2) is 0 Å². The molecule has 2 rings (SSSR count). The lowest BCUT2D eigenvalue weighted by molar-refractivity contribution is -0.155. The van der Waals surface area contributed by atoms with Crippen molar-refractivity contribution in [3.8, 4) is 0 Å². The average molecular weight is 366 g/mol. The highest BCUT2D eigenvalue weighted by Gasteiger charge is 2.16. The molecule has 0 radical (unpaired) electrons. The van der Waals surface area contributed by atoms with Gasteiger partial charge in [0.2, 0.25) is 6.10 Å². The first-order valence-electron chi connectivity index (χ1n) is 7.43. The second kappa shape index (κ2) is 8.71. The first-order chi connectivity index (χ1) is 11.5. The summed E-state index contributed by atoms with van der Waals surface area (Å²) in [6.45, 7) is 3.61. The van der Waals surface area contributed by atoms with Crippen molar-refractivity contribution in [2.45, 2.75) is 20.0 Å². The Kier molecular flexibility index (Phi) is 6.64. The number of benzene rings is 2. The quantitative estimate of drug-likeness (QED) is 0.422. The maximum atomic E-state index is 11.7. The Hall–Kier alpha value is -2.04. The highest BCUT2D eigenvalue weighted by molar-refractivity contribution is 6.31. The number of hydrogen-bond donors (Lipinski definition) is 0. The van der Waals surface area contributed by atoms with Crippen LogP contribution in [0.25, 0.3) is 0 Å². The van der Waals surface area contributed by atoms with Crippen LogP contribution in [0.4, 0.5) is 0 Å². The molecule has 0 aromatic heterocycles. The molecule has 0 bridgehead atoms. The predicted molar refractivity (Wildman–Crippen MR) is 95.7 cm³/mol. The fraction of sp³-hybridized carbons (Fsp3) is 0.222. The van der Waals surface area contributed by atoms with Gasteiger partial charge in [-0.05, 0) is 38.1 Å². The lowest BCUT2D eigenvalue weighted by Gasteiger charge is -2.11. The van der Waals surface area contributed by atoms with Crippen LogP contribution >= 0.6 is 23.2 Å². The minimum Gasteiger partial charge on any atom is -0.463 e. The van der Waals surface area contributed by atoms with E-state index in [2.05, 4.69) is 5.16 Å². The third-order valence-electron chi connectivity index (χ3n) is 3.16. The summed E-state index contributed by atoms with van der Waals surface area (Å²) in [5, 5.41) is 5.40. The van der Waals surface area contributed by atoms with E-state index in [1.165, 1.54) is 0 Å². The molecule has 126 valence electrons. The van der Waals surface area contributed by atoms with Crippen molar-refractivity contribution in [2.75, 3.05) is 6.61 Å². The molecule has 6 heteroatoms. The molecule has 0 saturated carbocycles. The lowest BCUT2D eigenvalue weighted by atomic mass is 10.0. The van der Waals surface area contributed by atoms with Crippen LogP contribution in [0.1, 0.15) is 25.0 Å². The SMILES string of the molecule is CCOC(=O)C(C)ON=C(c1ccc(Cl)cc1)c1ccc(Cl)cc1. The van der Waals surface area contributed by atoms with E-state index in [1.807, 2.05) is 24.3 Å². The monoisotopic (exact) mass is 365 g/mol. The van der Waals surface area contributed by atoms with Gasteiger partial charge in [-0.15, -0.1) is 0 Å². The zero-order chi connectivity index (χ0) is 17.5. The van der Waals surface area contributed by atoms with E-state index < -0.39 is 12.1 Å². The average Bonchev–Trinajstić information content (AvgIpc) is 2.58. The Morgan fingerprint density at radius 2 is 1.46 bits per heavy atom. The molecule has 2 aromatic rings. The molecule has 0 aliphatic heterocycles. The summed E-state index contributed by atoms with van der Waals surface area (Å²) in [5.41, 5.74) is 2.18. The number of rotatable bonds is 6. The Bertz CT molecular complexity index is 665. The van der Waals surface area contributed by atoms with E-state index in [9.17, 15) is 4.79 Å². The van der Waals surface area contributed by atoms with E-state index in [0.717, 1.165) is 11.1 Å². The first-order valence-corrected chi connectivity index (χ1v) is 8.19. The number of ether oxygens (including phenoxy) is 1. The summed E-state index contributed by atoms with van der Waals surface area (Å²) in [6.07, 6.45) is -0.806. The van der Waals surface area contributed by atoms with Crippen molar-refractivity contribution >= 4 is 34.9 Å². The van der Waals surface area contributed by atoms with E-state index >= 15 is 0 Å². The Morgan fingerprint density at radius 3 is 1.88 bits per heavy atom. The predicted octanol–water partition coefficient (Wildman–Crippen LogP) is 4.71. The molecule has 0 aliphatic carbocycles. The summed E-state index contributed by atoms with van der Waals surface area (Å²) < 4.78 is 4.91. The number of nitrogens with zero attached hydrogens (tertiary/aromatic N) is 1. The second-order valence-electron chi connectivity index (χ2n) is 4.95. The normalized spacial score (nSPS) is 11.5. The smallest absolute Gasteiger partial charge is 0.349 e. The number of oxime groups is 1. The molecular weight excluding hydrogens is 349 g/mol. The number of carbonyl (C=O) groups is 1. The molecule has 0 heterocycles. The molecular formula is C18H17Cl2NO3. The topological polar surface area (TPSA) is 47.9 Å². The fourth-order valence-corrected chi connectivity index (χ4v) is 2.17. The zero-order valence-corrected chi connectivity index (χ0v) is 14.8. The highest BCUT2D eigenvalue weighted by Crippen LogP contribution is 2.17. The van der Waals surface area contributed by atoms with Crippen molar-refractivity contribution in [3.63, 3.8) is 0 Å². The van der Waals surface area contributed by atoms with Crippen molar-refractivity contribution < 1.29 is 14.4 Å². The van der Waals surface area contributed by atoms with Gasteiger partial charge in [0.1, 0.15) is 5.71 Å². The van der Waals surface area contributed by atoms with Crippen LogP contribution in [0.15, 0.2) is 53.7 Å². The van der Waals surface area contributed by atoms with Crippen LogP contribution in [0.3, 0.4) is 0 Å². The Labute approximate surface area is 151 Å². The van der Waals surface area contributed by atoms with Gasteiger partial charge in [0, 0.05) is 21.2 Å². The van der Waals surface area contributed by atoms with Crippen molar-refractivity contribution in [3.05, 3.63) is 69.7 Å². The van der Waals surface area contributed by atoms with E-state index in [0.29, 0.717) is 15.8 Å². The van der Waals surface area contributed by atoms with Gasteiger partial charge >= 0.3 is 5.97 Å². The Balaban J connectivity index is 2.32. The maximum Gasteiger partial charge on any atom is 0.349 e. The molecule has 0 amide bonds. The molecule has 24 heavy (non-hydrogen) atoms. The summed E-state index contributed by atoms with van der Waals surface area (Å²) in [6, 6.07) is 14.4. The third kappa shape index (κ3) is 4.98. The van der Waals surface area contributed by atoms with Crippen LogP contribution in [-0.2, 0) is 14.4 Å². The van der Waals surface area contributed by atoms with E-state index in [4.69, 9.17) is 32.8 Å². The number of halogens is 2. The van der Waals surface area contributed by atoms with Crippen LogP contribution in [-0.4, -0.2) is 24.4 Å². The van der Waals surface area contributed by atoms with Gasteiger partial charge in [-0.3, -0.25) is 0 Å². The van der Waals surface area contributed by atoms with Crippen molar-refractivity contribution in [2.24, 2.45) is 5.16 Å². The van der Waals surface area contributed by atoms with Gasteiger partial charge in [-0.1, -0.05) is 52.6 Å². The van der Waals surface area contributed by atoms with E-state index in [-0.39, 0.29) is 6.61 Å². The number of carbonyl (C=O) groups excluding carboxylic acids is 1. The van der Waals surface area contributed by atoms with Crippen LogP contribution in [0.2, 0.25) is 10.0 Å². The van der Waals surface area contributed by atoms with Crippen LogP contribution < -0.4 is 0 Å². The first kappa shape index (κ1) is 18.3. The molecule has 0 aliphatic rings. The number of hydrogen-bond acceptors (Lipinski definition) is 4. The molecule has 0 fully saturated rings. The summed E-state index contributed by atoms with van der Waals surface area (Å²) >= 11 is 11.9. The molecule has 0 saturated heterocycles. The van der Waals surface area contributed by atoms with Gasteiger partial charge < -0.3 is 9.57 Å². The molecule has 4 nitrogen and oxygen atoms in total. The van der Waals surface area contributed by atoms with Crippen molar-refractivity contribution in [1.82, 2.24) is 0 Å². The molecule has 0 N–H and O–H groups in total. The molecule has 2 aromatic carbocycles. The summed E-state index contributed by atoms with van der Waals surface area (Å²) in [7, 11) is 0. The fourth-order valence-electron chi connectivity index (χ4n) is 1.92. The van der Waals surface area contributed by atoms with Gasteiger partial charge in [-0.25, -0.2) is 4.79 Å². The lowest BCUT2D eigenvalue weighted by Crippen LogP contribution is -2.22. The Morgan fingerprint density at radius 1 is 1.00 bits per heavy atom. The minimum atomic E-state index is -0.806. The molecule has 1 atom stereocenters. The number of esters is 1. The highest BCUT2D eigenvalue weighted by atomic mass is 35.5. The van der Waals surface area contributed by atoms with Gasteiger partial charge in [0.25, 0.3) is 0 Å². The second-order valence-corrected chi connectivity index (χ2v) is 5.83. The summed E-state index contributed by atoms with van der Waals surface area (Å²) in [4.78, 5) is 17.0. The maximum absolute atomic E-state index is 11.7. The largest absolute Gasteiger partial charge is 0.463 e. The third-order valence-corrected chi connectivity index (χ3v) is 3.66.